The number of aromatic amines is 1. The highest BCUT2D eigenvalue weighted by molar-refractivity contribution is 7.99. The molecule has 0 aliphatic carbocycles. The van der Waals surface area contributed by atoms with Crippen LogP contribution in [0.1, 0.15) is 17.0 Å². The van der Waals surface area contributed by atoms with Crippen LogP contribution in [0.5, 0.6) is 5.75 Å². The number of ether oxygens (including phenoxy) is 1. The van der Waals surface area contributed by atoms with E-state index in [-0.39, 0.29) is 11.7 Å². The number of hydrogen-bond donors (Lipinski definition) is 2. The van der Waals surface area contributed by atoms with Crippen molar-refractivity contribution in [3.05, 3.63) is 65.5 Å². The van der Waals surface area contributed by atoms with Gasteiger partial charge in [-0.1, -0.05) is 47.7 Å². The fourth-order valence-corrected chi connectivity index (χ4v) is 2.85. The Labute approximate surface area is 156 Å². The van der Waals surface area contributed by atoms with Crippen LogP contribution in [0.2, 0.25) is 0 Å². The number of hydrogen-bond acceptors (Lipinski definition) is 5. The number of para-hydroxylation sites is 1. The maximum atomic E-state index is 12.0. The van der Waals surface area contributed by atoms with Crippen LogP contribution in [0.15, 0.2) is 53.7 Å². The molecule has 0 atom stereocenters. The first-order valence-corrected chi connectivity index (χ1v) is 9.18. The predicted octanol–water partition coefficient (Wildman–Crippen LogP) is 3.73. The molecule has 6 nitrogen and oxygen atoms in total. The lowest BCUT2D eigenvalue weighted by Gasteiger charge is -2.06. The van der Waals surface area contributed by atoms with E-state index in [0.717, 1.165) is 22.6 Å². The molecule has 3 aromatic rings. The van der Waals surface area contributed by atoms with Crippen molar-refractivity contribution in [2.75, 3.05) is 11.1 Å². The van der Waals surface area contributed by atoms with Crippen LogP contribution in [-0.2, 0) is 11.4 Å². The van der Waals surface area contributed by atoms with Gasteiger partial charge in [-0.25, -0.2) is 4.98 Å². The molecule has 1 aromatic heterocycles. The van der Waals surface area contributed by atoms with Crippen LogP contribution in [0.4, 0.5) is 5.69 Å². The molecule has 0 radical (unpaired) electrons. The summed E-state index contributed by atoms with van der Waals surface area (Å²) in [6.07, 6.45) is 0. The monoisotopic (exact) mass is 368 g/mol. The summed E-state index contributed by atoms with van der Waals surface area (Å²) in [5.74, 6) is 1.58. The summed E-state index contributed by atoms with van der Waals surface area (Å²) in [4.78, 5) is 16.3. The van der Waals surface area contributed by atoms with E-state index in [0.29, 0.717) is 17.6 Å². The Morgan fingerprint density at radius 3 is 2.69 bits per heavy atom. The average molecular weight is 368 g/mol. The first-order chi connectivity index (χ1) is 12.6. The summed E-state index contributed by atoms with van der Waals surface area (Å²) in [7, 11) is 0. The van der Waals surface area contributed by atoms with Crippen LogP contribution in [0.3, 0.4) is 0 Å². The number of aryl methyl sites for hydroxylation is 2. The molecule has 0 saturated carbocycles. The Morgan fingerprint density at radius 2 is 1.92 bits per heavy atom. The highest BCUT2D eigenvalue weighted by Gasteiger charge is 2.09. The molecule has 1 heterocycles. The maximum Gasteiger partial charge on any atom is 0.234 e. The molecule has 0 bridgehead atoms. The minimum Gasteiger partial charge on any atom is -0.485 e. The highest BCUT2D eigenvalue weighted by atomic mass is 32.2. The fourth-order valence-electron chi connectivity index (χ4n) is 2.24. The van der Waals surface area contributed by atoms with Gasteiger partial charge in [0.25, 0.3) is 0 Å². The SMILES string of the molecule is Cc1ccc(NC(=O)CSc2n[nH]c(COc3ccccc3C)n2)cc1. The first kappa shape index (κ1) is 18.0. The van der Waals surface area contributed by atoms with Gasteiger partial charge in [0.1, 0.15) is 12.4 Å². The number of anilines is 1. The zero-order valence-electron chi connectivity index (χ0n) is 14.7. The average Bonchev–Trinajstić information content (AvgIpc) is 3.09. The fraction of sp³-hybridized carbons (Fsp3) is 0.211. The van der Waals surface area contributed by atoms with Crippen LogP contribution in [0, 0.1) is 13.8 Å². The topological polar surface area (TPSA) is 79.9 Å². The molecule has 0 spiro atoms. The molecule has 134 valence electrons. The van der Waals surface area contributed by atoms with Crippen molar-refractivity contribution in [3.63, 3.8) is 0 Å². The smallest absolute Gasteiger partial charge is 0.234 e. The second-order valence-electron chi connectivity index (χ2n) is 5.82. The number of nitrogens with zero attached hydrogens (tertiary/aromatic N) is 2. The second-order valence-corrected chi connectivity index (χ2v) is 6.76. The predicted molar refractivity (Wildman–Crippen MR) is 102 cm³/mol. The molecule has 26 heavy (non-hydrogen) atoms. The van der Waals surface area contributed by atoms with E-state index >= 15 is 0 Å². The number of carbonyl (C=O) groups is 1. The van der Waals surface area contributed by atoms with Gasteiger partial charge in [0, 0.05) is 5.69 Å². The molecular weight excluding hydrogens is 348 g/mol. The minimum absolute atomic E-state index is 0.0960. The third kappa shape index (κ3) is 5.10. The van der Waals surface area contributed by atoms with E-state index in [4.69, 9.17) is 4.74 Å². The van der Waals surface area contributed by atoms with Gasteiger partial charge in [0.2, 0.25) is 11.1 Å². The van der Waals surface area contributed by atoms with E-state index < -0.39 is 0 Å². The number of H-pyrrole nitrogens is 1. The summed E-state index contributed by atoms with van der Waals surface area (Å²) < 4.78 is 5.73. The number of rotatable bonds is 7. The molecule has 0 unspecified atom stereocenters. The zero-order chi connectivity index (χ0) is 18.4. The highest BCUT2D eigenvalue weighted by Crippen LogP contribution is 2.18. The lowest BCUT2D eigenvalue weighted by molar-refractivity contribution is -0.113. The number of aromatic nitrogens is 3. The van der Waals surface area contributed by atoms with Crippen LogP contribution >= 0.6 is 11.8 Å². The van der Waals surface area contributed by atoms with Gasteiger partial charge in [-0.2, -0.15) is 0 Å². The summed E-state index contributed by atoms with van der Waals surface area (Å²) >= 11 is 1.28. The number of nitrogens with one attached hydrogen (secondary N) is 2. The van der Waals surface area contributed by atoms with Crippen molar-refractivity contribution in [3.8, 4) is 5.75 Å². The van der Waals surface area contributed by atoms with Gasteiger partial charge in [0.15, 0.2) is 5.82 Å². The van der Waals surface area contributed by atoms with E-state index in [9.17, 15) is 4.79 Å². The number of amides is 1. The van der Waals surface area contributed by atoms with Gasteiger partial charge < -0.3 is 10.1 Å². The third-order valence-corrected chi connectivity index (χ3v) is 4.48. The number of carbonyl (C=O) groups excluding carboxylic acids is 1. The largest absolute Gasteiger partial charge is 0.485 e. The summed E-state index contributed by atoms with van der Waals surface area (Å²) in [6.45, 7) is 4.29. The Balaban J connectivity index is 1.46. The molecule has 0 fully saturated rings. The van der Waals surface area contributed by atoms with E-state index in [1.807, 2.05) is 62.4 Å². The number of benzene rings is 2. The molecule has 0 saturated heterocycles. The Morgan fingerprint density at radius 1 is 1.15 bits per heavy atom. The second kappa shape index (κ2) is 8.53. The van der Waals surface area contributed by atoms with Crippen LogP contribution in [0.25, 0.3) is 0 Å². The maximum absolute atomic E-state index is 12.0. The summed E-state index contributed by atoms with van der Waals surface area (Å²) in [5.41, 5.74) is 3.00. The zero-order valence-corrected chi connectivity index (χ0v) is 15.5. The summed E-state index contributed by atoms with van der Waals surface area (Å²) in [5, 5.41) is 10.3. The van der Waals surface area contributed by atoms with Gasteiger partial charge in [0.05, 0.1) is 5.75 Å². The van der Waals surface area contributed by atoms with Crippen molar-refractivity contribution in [2.24, 2.45) is 0 Å². The Bertz CT molecular complexity index is 877. The number of thioether (sulfide) groups is 1. The van der Waals surface area contributed by atoms with E-state index in [1.165, 1.54) is 11.8 Å². The van der Waals surface area contributed by atoms with Gasteiger partial charge in [-0.3, -0.25) is 9.89 Å². The van der Waals surface area contributed by atoms with Crippen molar-refractivity contribution in [1.82, 2.24) is 15.2 Å². The molecule has 7 heteroatoms. The van der Waals surface area contributed by atoms with E-state index in [1.54, 1.807) is 0 Å². The molecule has 2 N–H and O–H groups in total. The Hall–Kier alpha value is -2.80. The van der Waals surface area contributed by atoms with Gasteiger partial charge in [-0.05, 0) is 37.6 Å². The van der Waals surface area contributed by atoms with Crippen LogP contribution < -0.4 is 10.1 Å². The standard InChI is InChI=1S/C19H20N4O2S/c1-13-7-9-15(10-8-13)20-18(24)12-26-19-21-17(22-23-19)11-25-16-6-4-3-5-14(16)2/h3-10H,11-12H2,1-2H3,(H,20,24)(H,21,22,23). The third-order valence-electron chi connectivity index (χ3n) is 3.64. The molecule has 3 rings (SSSR count). The minimum atomic E-state index is -0.0960. The van der Waals surface area contributed by atoms with Crippen molar-refractivity contribution < 1.29 is 9.53 Å². The van der Waals surface area contributed by atoms with Crippen molar-refractivity contribution in [2.45, 2.75) is 25.6 Å². The molecule has 0 aliphatic heterocycles. The molecular formula is C19H20N4O2S. The summed E-state index contributed by atoms with van der Waals surface area (Å²) in [6, 6.07) is 15.5. The molecule has 0 aliphatic rings. The normalized spacial score (nSPS) is 10.5. The lowest BCUT2D eigenvalue weighted by Crippen LogP contribution is -2.14. The lowest BCUT2D eigenvalue weighted by atomic mass is 10.2. The van der Waals surface area contributed by atoms with Crippen molar-refractivity contribution >= 4 is 23.4 Å². The Kier molecular flexibility index (Phi) is 5.91. The van der Waals surface area contributed by atoms with Gasteiger partial charge in [-0.15, -0.1) is 5.10 Å². The quantitative estimate of drug-likeness (QED) is 0.621. The van der Waals surface area contributed by atoms with Gasteiger partial charge >= 0.3 is 0 Å². The van der Waals surface area contributed by atoms with Crippen molar-refractivity contribution in [1.29, 1.82) is 0 Å². The molecule has 1 amide bonds. The van der Waals surface area contributed by atoms with E-state index in [2.05, 4.69) is 20.5 Å². The molecule has 2 aromatic carbocycles. The first-order valence-electron chi connectivity index (χ1n) is 8.19. The van der Waals surface area contributed by atoms with Crippen LogP contribution in [-0.4, -0.2) is 26.8 Å².